The number of alkyl halides is 3. The van der Waals surface area contributed by atoms with Crippen molar-refractivity contribution in [3.05, 3.63) is 51.0 Å². The third-order valence-corrected chi connectivity index (χ3v) is 5.14. The van der Waals surface area contributed by atoms with Gasteiger partial charge in [0.05, 0.1) is 10.6 Å². The molecule has 164 valence electrons. The molecule has 0 aliphatic carbocycles. The van der Waals surface area contributed by atoms with Gasteiger partial charge in [0.25, 0.3) is 0 Å². The lowest BCUT2D eigenvalue weighted by Crippen LogP contribution is -2.06. The first kappa shape index (κ1) is 23.9. The van der Waals surface area contributed by atoms with Crippen LogP contribution < -0.4 is 5.73 Å². The number of nitrogen functional groups attached to an aromatic ring is 1. The van der Waals surface area contributed by atoms with Crippen LogP contribution in [0, 0.1) is 10.1 Å². The van der Waals surface area contributed by atoms with E-state index < -0.39 is 23.2 Å². The molecular formula is C21H25ClF3N3O2. The molecule has 0 amide bonds. The number of hydrogen-bond acceptors (Lipinski definition) is 4. The molecule has 0 bridgehead atoms. The van der Waals surface area contributed by atoms with Crippen molar-refractivity contribution in [2.75, 3.05) is 5.73 Å². The van der Waals surface area contributed by atoms with Gasteiger partial charge < -0.3 is 5.73 Å². The van der Waals surface area contributed by atoms with Gasteiger partial charge in [0.2, 0.25) is 5.82 Å². The second-order valence-electron chi connectivity index (χ2n) is 7.23. The zero-order valence-corrected chi connectivity index (χ0v) is 17.3. The average Bonchev–Trinajstić information content (AvgIpc) is 2.65. The highest BCUT2D eigenvalue weighted by molar-refractivity contribution is 6.33. The Labute approximate surface area is 178 Å². The molecule has 2 aromatic rings. The number of benzene rings is 1. The van der Waals surface area contributed by atoms with Gasteiger partial charge >= 0.3 is 11.9 Å². The summed E-state index contributed by atoms with van der Waals surface area (Å²) in [6.45, 7) is 0. The van der Waals surface area contributed by atoms with Gasteiger partial charge in [-0.3, -0.25) is 10.1 Å². The normalized spacial score (nSPS) is 11.6. The van der Waals surface area contributed by atoms with Crippen LogP contribution >= 0.6 is 11.6 Å². The zero-order chi connectivity index (χ0) is 22.1. The second kappa shape index (κ2) is 11.2. The standard InChI is InChI=1S/C21H25ClF3N3O2/c22-17-14-18(27-20(26)19(17)28(29)30)16-12-8-7-11-15(16)10-6-4-2-1-3-5-9-13-21(23,24)25/h7-8,11-12,14H,1-6,9-10,13H2,(H2,26,27). The minimum Gasteiger partial charge on any atom is -0.378 e. The van der Waals surface area contributed by atoms with Gasteiger partial charge in [0.15, 0.2) is 0 Å². The molecule has 2 N–H and O–H groups in total. The molecule has 0 aliphatic rings. The fraction of sp³-hybridized carbons (Fsp3) is 0.476. The maximum absolute atomic E-state index is 12.1. The number of halogens is 4. The van der Waals surface area contributed by atoms with Crippen LogP contribution in [0.1, 0.15) is 56.9 Å². The van der Waals surface area contributed by atoms with Crippen molar-refractivity contribution in [2.24, 2.45) is 0 Å². The molecule has 0 saturated carbocycles. The van der Waals surface area contributed by atoms with Crippen LogP contribution in [0.2, 0.25) is 5.02 Å². The number of nitro groups is 1. The quantitative estimate of drug-likeness (QED) is 0.228. The van der Waals surface area contributed by atoms with Crippen LogP contribution in [0.5, 0.6) is 0 Å². The number of rotatable bonds is 11. The number of aromatic nitrogens is 1. The monoisotopic (exact) mass is 443 g/mol. The Morgan fingerprint density at radius 2 is 1.63 bits per heavy atom. The third kappa shape index (κ3) is 7.48. The van der Waals surface area contributed by atoms with E-state index in [4.69, 9.17) is 17.3 Å². The van der Waals surface area contributed by atoms with Gasteiger partial charge in [0, 0.05) is 12.0 Å². The summed E-state index contributed by atoms with van der Waals surface area (Å²) >= 11 is 6.03. The van der Waals surface area contributed by atoms with E-state index in [-0.39, 0.29) is 17.3 Å². The van der Waals surface area contributed by atoms with Gasteiger partial charge in [-0.05, 0) is 30.9 Å². The number of aryl methyl sites for hydroxylation is 1. The molecule has 0 aliphatic heterocycles. The lowest BCUT2D eigenvalue weighted by Gasteiger charge is -2.10. The Hall–Kier alpha value is -2.35. The van der Waals surface area contributed by atoms with Gasteiger partial charge in [0.1, 0.15) is 5.02 Å². The molecule has 5 nitrogen and oxygen atoms in total. The third-order valence-electron chi connectivity index (χ3n) is 4.86. The summed E-state index contributed by atoms with van der Waals surface area (Å²) in [4.78, 5) is 14.6. The topological polar surface area (TPSA) is 82.0 Å². The zero-order valence-electron chi connectivity index (χ0n) is 16.6. The molecule has 0 radical (unpaired) electrons. The van der Waals surface area contributed by atoms with Crippen LogP contribution in [-0.2, 0) is 6.42 Å². The number of pyridine rings is 1. The summed E-state index contributed by atoms with van der Waals surface area (Å²) in [5.41, 5.74) is 7.69. The molecule has 0 unspecified atom stereocenters. The molecular weight excluding hydrogens is 419 g/mol. The summed E-state index contributed by atoms with van der Waals surface area (Å²) < 4.78 is 36.3. The van der Waals surface area contributed by atoms with Crippen molar-refractivity contribution in [3.63, 3.8) is 0 Å². The van der Waals surface area contributed by atoms with E-state index in [1.54, 1.807) is 0 Å². The van der Waals surface area contributed by atoms with Crippen molar-refractivity contribution >= 4 is 23.1 Å². The van der Waals surface area contributed by atoms with Crippen LogP contribution in [0.15, 0.2) is 30.3 Å². The van der Waals surface area contributed by atoms with Gasteiger partial charge in [-0.25, -0.2) is 4.98 Å². The first-order valence-corrected chi connectivity index (χ1v) is 10.3. The van der Waals surface area contributed by atoms with Crippen molar-refractivity contribution in [3.8, 4) is 11.3 Å². The highest BCUT2D eigenvalue weighted by atomic mass is 35.5. The minimum atomic E-state index is -4.05. The smallest absolute Gasteiger partial charge is 0.378 e. The molecule has 0 fully saturated rings. The van der Waals surface area contributed by atoms with Crippen LogP contribution in [0.4, 0.5) is 24.7 Å². The van der Waals surface area contributed by atoms with Crippen molar-refractivity contribution < 1.29 is 18.1 Å². The minimum absolute atomic E-state index is 0.0529. The van der Waals surface area contributed by atoms with Crippen LogP contribution in [-0.4, -0.2) is 16.1 Å². The van der Waals surface area contributed by atoms with Crippen LogP contribution in [0.3, 0.4) is 0 Å². The Kier molecular flexibility index (Phi) is 8.89. The van der Waals surface area contributed by atoms with Crippen molar-refractivity contribution in [1.29, 1.82) is 0 Å². The van der Waals surface area contributed by atoms with Gasteiger partial charge in [-0.1, -0.05) is 68.0 Å². The molecule has 1 aromatic heterocycles. The highest BCUT2D eigenvalue weighted by Gasteiger charge is 2.25. The lowest BCUT2D eigenvalue weighted by atomic mass is 9.98. The molecule has 9 heteroatoms. The molecule has 2 rings (SSSR count). The number of nitrogens with zero attached hydrogens (tertiary/aromatic N) is 2. The number of unbranched alkanes of at least 4 members (excludes halogenated alkanes) is 6. The van der Waals surface area contributed by atoms with E-state index >= 15 is 0 Å². The van der Waals surface area contributed by atoms with Crippen molar-refractivity contribution in [1.82, 2.24) is 4.98 Å². The molecule has 0 saturated heterocycles. The van der Waals surface area contributed by atoms with E-state index in [0.29, 0.717) is 12.1 Å². The first-order valence-electron chi connectivity index (χ1n) is 9.94. The Bertz CT molecular complexity index is 837. The Morgan fingerprint density at radius 1 is 1.03 bits per heavy atom. The highest BCUT2D eigenvalue weighted by Crippen LogP contribution is 2.34. The second-order valence-corrected chi connectivity index (χ2v) is 7.63. The number of nitrogens with two attached hydrogens (primary N) is 1. The Morgan fingerprint density at radius 3 is 2.23 bits per heavy atom. The van der Waals surface area contributed by atoms with Crippen LogP contribution in [0.25, 0.3) is 11.3 Å². The molecule has 0 atom stereocenters. The fourth-order valence-electron chi connectivity index (χ4n) is 3.36. The molecule has 30 heavy (non-hydrogen) atoms. The summed E-state index contributed by atoms with van der Waals surface area (Å²) in [6, 6.07) is 9.07. The maximum atomic E-state index is 12.1. The summed E-state index contributed by atoms with van der Waals surface area (Å²) in [6.07, 6.45) is 1.47. The van der Waals surface area contributed by atoms with Gasteiger partial charge in [-0.15, -0.1) is 0 Å². The molecule has 1 aromatic carbocycles. The summed E-state index contributed by atoms with van der Waals surface area (Å²) in [5.74, 6) is -0.220. The van der Waals surface area contributed by atoms with Gasteiger partial charge in [-0.2, -0.15) is 13.2 Å². The lowest BCUT2D eigenvalue weighted by molar-refractivity contribution is -0.384. The number of anilines is 1. The molecule has 1 heterocycles. The fourth-order valence-corrected chi connectivity index (χ4v) is 3.63. The van der Waals surface area contributed by atoms with Crippen molar-refractivity contribution in [2.45, 2.75) is 64.0 Å². The van der Waals surface area contributed by atoms with E-state index in [1.165, 1.54) is 6.07 Å². The van der Waals surface area contributed by atoms with E-state index in [0.717, 1.165) is 49.7 Å². The van der Waals surface area contributed by atoms with E-state index in [1.807, 2.05) is 24.3 Å². The van der Waals surface area contributed by atoms with E-state index in [2.05, 4.69) is 4.98 Å². The first-order chi connectivity index (χ1) is 14.2. The maximum Gasteiger partial charge on any atom is 0.389 e. The largest absolute Gasteiger partial charge is 0.389 e. The predicted molar refractivity (Wildman–Crippen MR) is 112 cm³/mol. The Balaban J connectivity index is 1.86. The average molecular weight is 444 g/mol. The SMILES string of the molecule is Nc1nc(-c2ccccc2CCCCCCCCCC(F)(F)F)cc(Cl)c1[N+](=O)[O-]. The molecule has 0 spiro atoms. The summed E-state index contributed by atoms with van der Waals surface area (Å²) in [5, 5.41) is 11.0. The predicted octanol–water partition coefficient (Wildman–Crippen LogP) is 7.12. The number of hydrogen-bond donors (Lipinski definition) is 1. The summed E-state index contributed by atoms with van der Waals surface area (Å²) in [7, 11) is 0. The van der Waals surface area contributed by atoms with E-state index in [9.17, 15) is 23.3 Å².